The van der Waals surface area contributed by atoms with Gasteiger partial charge in [-0.3, -0.25) is 9.59 Å². The third-order valence-electron chi connectivity index (χ3n) is 3.06. The van der Waals surface area contributed by atoms with E-state index < -0.39 is 11.7 Å². The number of unbranched alkanes of at least 4 members (excludes halogenated alkanes) is 3. The van der Waals surface area contributed by atoms with Crippen LogP contribution in [-0.4, -0.2) is 31.3 Å². The molecule has 0 radical (unpaired) electrons. The van der Waals surface area contributed by atoms with E-state index in [0.717, 1.165) is 12.8 Å². The number of amides is 1. The van der Waals surface area contributed by atoms with E-state index in [4.69, 9.17) is 5.73 Å². The zero-order chi connectivity index (χ0) is 14.1. The van der Waals surface area contributed by atoms with Crippen LogP contribution in [0.4, 0.5) is 0 Å². The number of nitrogens with two attached hydrogens (primary N) is 1. The molecule has 0 saturated carbocycles. The summed E-state index contributed by atoms with van der Waals surface area (Å²) in [6.07, 6.45) is 5.55. The Morgan fingerprint density at radius 2 is 1.94 bits per heavy atom. The lowest BCUT2D eigenvalue weighted by Crippen LogP contribution is -2.48. The largest absolute Gasteiger partial charge is 0.353 e. The molecule has 0 aromatic rings. The maximum atomic E-state index is 12.0. The smallest absolute Gasteiger partial charge is 0.240 e. The van der Waals surface area contributed by atoms with Crippen LogP contribution in [-0.2, 0) is 9.59 Å². The fourth-order valence-electron chi connectivity index (χ4n) is 1.83. The molecule has 0 spiro atoms. The second-order valence-electron chi connectivity index (χ2n) is 4.91. The van der Waals surface area contributed by atoms with Gasteiger partial charge in [-0.25, -0.2) is 0 Å². The van der Waals surface area contributed by atoms with Gasteiger partial charge in [0.05, 0.1) is 11.7 Å². The van der Waals surface area contributed by atoms with Crippen molar-refractivity contribution in [2.75, 3.05) is 0 Å². The van der Waals surface area contributed by atoms with Crippen molar-refractivity contribution >= 4 is 28.8 Å². The molecule has 3 N–H and O–H groups in total. The Balaban J connectivity index is 4.00. The number of Topliss-reactive ketones (excluding diaryl/α,β-unsaturated/α-hetero) is 1. The predicted octanol–water partition coefficient (Wildman–Crippen LogP) is 0.397. The molecule has 4 atom stereocenters. The number of carbonyl (C=O) groups excluding carboxylic acids is 2. The third kappa shape index (κ3) is 7.12. The highest BCUT2D eigenvalue weighted by molar-refractivity contribution is 7.19. The highest BCUT2D eigenvalue weighted by atomic mass is 31.0. The SMILES string of the molecule is BC(NC(=O)C(N)P)C(=O)C(C)CCCCCC. The molecular weight excluding hydrogens is 246 g/mol. The molecule has 6 heteroatoms. The Bertz CT molecular complexity index is 275. The van der Waals surface area contributed by atoms with Gasteiger partial charge in [0.15, 0.2) is 0 Å². The summed E-state index contributed by atoms with van der Waals surface area (Å²) in [5.41, 5.74) is 5.41. The Kier molecular flexibility index (Phi) is 9.30. The van der Waals surface area contributed by atoms with Crippen molar-refractivity contribution in [2.24, 2.45) is 11.7 Å². The maximum Gasteiger partial charge on any atom is 0.240 e. The van der Waals surface area contributed by atoms with E-state index in [0.29, 0.717) is 0 Å². The van der Waals surface area contributed by atoms with Gasteiger partial charge in [0, 0.05) is 5.92 Å². The van der Waals surface area contributed by atoms with Gasteiger partial charge in [-0.1, -0.05) is 39.5 Å². The summed E-state index contributed by atoms with van der Waals surface area (Å²) in [7, 11) is 3.93. The molecule has 0 aromatic carbocycles. The van der Waals surface area contributed by atoms with Crippen molar-refractivity contribution in [1.29, 1.82) is 0 Å². The van der Waals surface area contributed by atoms with E-state index in [9.17, 15) is 9.59 Å². The van der Waals surface area contributed by atoms with Gasteiger partial charge in [-0.15, -0.1) is 9.24 Å². The molecule has 18 heavy (non-hydrogen) atoms. The Morgan fingerprint density at radius 1 is 1.33 bits per heavy atom. The molecule has 0 aliphatic rings. The second kappa shape index (κ2) is 9.52. The van der Waals surface area contributed by atoms with Gasteiger partial charge < -0.3 is 11.1 Å². The minimum absolute atomic E-state index is 0.00195. The third-order valence-corrected chi connectivity index (χ3v) is 3.37. The highest BCUT2D eigenvalue weighted by Gasteiger charge is 2.21. The maximum absolute atomic E-state index is 12.0. The molecule has 0 aromatic heterocycles. The van der Waals surface area contributed by atoms with Crippen LogP contribution in [0, 0.1) is 5.92 Å². The van der Waals surface area contributed by atoms with Gasteiger partial charge in [-0.2, -0.15) is 0 Å². The molecule has 0 heterocycles. The molecular formula is C12H26BN2O2P. The van der Waals surface area contributed by atoms with Crippen LogP contribution in [0.15, 0.2) is 0 Å². The molecule has 0 saturated heterocycles. The standard InChI is InChI=1S/C12H26BN2O2P/c1-3-4-5-6-7-8(2)9(16)10(13)15-12(17)11(14)18/h8,10-11H,3-7,13-14,18H2,1-2H3,(H,15,17). The minimum Gasteiger partial charge on any atom is -0.353 e. The monoisotopic (exact) mass is 272 g/mol. The van der Waals surface area contributed by atoms with Gasteiger partial charge in [0.1, 0.15) is 13.6 Å². The summed E-state index contributed by atoms with van der Waals surface area (Å²) in [4.78, 5) is 23.4. The normalized spacial score (nSPS) is 15.8. The van der Waals surface area contributed by atoms with E-state index in [1.54, 1.807) is 7.85 Å². The lowest BCUT2D eigenvalue weighted by atomic mass is 9.84. The Hall–Kier alpha value is -0.405. The van der Waals surface area contributed by atoms with Gasteiger partial charge >= 0.3 is 0 Å². The summed E-state index contributed by atoms with van der Waals surface area (Å²) in [6, 6.07) is 0. The topological polar surface area (TPSA) is 72.2 Å². The Morgan fingerprint density at radius 3 is 2.44 bits per heavy atom. The average molecular weight is 272 g/mol. The zero-order valence-electron chi connectivity index (χ0n) is 11.7. The molecule has 0 aliphatic carbocycles. The molecule has 0 fully saturated rings. The summed E-state index contributed by atoms with van der Waals surface area (Å²) in [5, 5.41) is 2.63. The molecule has 4 unspecified atom stereocenters. The number of nitrogens with one attached hydrogen (secondary N) is 1. The number of carbonyl (C=O) groups is 2. The first kappa shape index (κ1) is 17.6. The first-order valence-corrected chi connectivity index (χ1v) is 7.42. The first-order valence-electron chi connectivity index (χ1n) is 6.75. The van der Waals surface area contributed by atoms with Gasteiger partial charge in [0.2, 0.25) is 5.91 Å². The van der Waals surface area contributed by atoms with E-state index in [-0.39, 0.29) is 17.6 Å². The van der Waals surface area contributed by atoms with Crippen molar-refractivity contribution in [3.8, 4) is 0 Å². The van der Waals surface area contributed by atoms with Crippen LogP contribution < -0.4 is 11.1 Å². The number of ketones is 1. The second-order valence-corrected chi connectivity index (χ2v) is 5.63. The number of hydrogen-bond acceptors (Lipinski definition) is 3. The summed E-state index contributed by atoms with van der Waals surface area (Å²) in [5.74, 6) is -1.33. The van der Waals surface area contributed by atoms with E-state index in [1.807, 2.05) is 6.92 Å². The quantitative estimate of drug-likeness (QED) is 0.362. The summed E-state index contributed by atoms with van der Waals surface area (Å²) in [6.45, 7) is 4.09. The fourth-order valence-corrected chi connectivity index (χ4v) is 1.92. The molecule has 1 amide bonds. The summed E-state index contributed by atoms with van der Waals surface area (Å²) >= 11 is 0. The van der Waals surface area contributed by atoms with Crippen LogP contribution in [0.25, 0.3) is 0 Å². The average Bonchev–Trinajstić information content (AvgIpc) is 2.33. The van der Waals surface area contributed by atoms with Crippen molar-refractivity contribution < 1.29 is 9.59 Å². The molecule has 104 valence electrons. The van der Waals surface area contributed by atoms with E-state index in [1.165, 1.54) is 19.3 Å². The minimum atomic E-state index is -0.653. The van der Waals surface area contributed by atoms with Gasteiger partial charge in [0.25, 0.3) is 0 Å². The lowest BCUT2D eigenvalue weighted by Gasteiger charge is -2.18. The predicted molar refractivity (Wildman–Crippen MR) is 81.1 cm³/mol. The van der Waals surface area contributed by atoms with Crippen molar-refractivity contribution in [3.63, 3.8) is 0 Å². The Labute approximate surface area is 113 Å². The molecule has 0 bridgehead atoms. The van der Waals surface area contributed by atoms with Crippen LogP contribution in [0.3, 0.4) is 0 Å². The number of hydrogen-bond donors (Lipinski definition) is 2. The zero-order valence-corrected chi connectivity index (χ0v) is 12.9. The van der Waals surface area contributed by atoms with Crippen LogP contribution in [0.1, 0.15) is 46.0 Å². The van der Waals surface area contributed by atoms with Crippen LogP contribution in [0.2, 0.25) is 0 Å². The van der Waals surface area contributed by atoms with Crippen molar-refractivity contribution in [1.82, 2.24) is 5.32 Å². The molecule has 0 rings (SSSR count). The van der Waals surface area contributed by atoms with Crippen molar-refractivity contribution in [3.05, 3.63) is 0 Å². The first-order chi connectivity index (χ1) is 8.40. The number of rotatable bonds is 9. The highest BCUT2D eigenvalue weighted by Crippen LogP contribution is 2.12. The molecule has 0 aliphatic heterocycles. The lowest BCUT2D eigenvalue weighted by molar-refractivity contribution is -0.127. The van der Waals surface area contributed by atoms with Crippen LogP contribution in [0.5, 0.6) is 0 Å². The van der Waals surface area contributed by atoms with Gasteiger partial charge in [-0.05, 0) is 6.42 Å². The van der Waals surface area contributed by atoms with Crippen molar-refractivity contribution in [2.45, 2.75) is 57.7 Å². The van der Waals surface area contributed by atoms with Crippen LogP contribution >= 0.6 is 9.24 Å². The van der Waals surface area contributed by atoms with E-state index in [2.05, 4.69) is 21.5 Å². The molecule has 4 nitrogen and oxygen atoms in total. The summed E-state index contributed by atoms with van der Waals surface area (Å²) < 4.78 is 0. The fraction of sp³-hybridized carbons (Fsp3) is 0.833. The van der Waals surface area contributed by atoms with E-state index >= 15 is 0 Å².